The summed E-state index contributed by atoms with van der Waals surface area (Å²) in [6.07, 6.45) is 0. The van der Waals surface area contributed by atoms with E-state index in [1.54, 1.807) is 0 Å². The topological polar surface area (TPSA) is 104 Å². The first-order chi connectivity index (χ1) is 6.88. The van der Waals surface area contributed by atoms with Gasteiger partial charge in [0.25, 0.3) is 10.0 Å². The molecule has 0 radical (unpaired) electrons. The van der Waals surface area contributed by atoms with Gasteiger partial charge in [0.15, 0.2) is 0 Å². The number of sulfonamides is 1. The zero-order valence-electron chi connectivity index (χ0n) is 7.14. The maximum absolute atomic E-state index is 11.1. The van der Waals surface area contributed by atoms with Gasteiger partial charge in [0.2, 0.25) is 0 Å². The van der Waals surface area contributed by atoms with E-state index in [0.717, 1.165) is 23.1 Å². The van der Waals surface area contributed by atoms with Gasteiger partial charge in [-0.05, 0) is 18.2 Å². The zero-order chi connectivity index (χ0) is 11.6. The summed E-state index contributed by atoms with van der Waals surface area (Å²) in [7, 11) is -4.03. The third-order valence-electron chi connectivity index (χ3n) is 1.60. The summed E-state index contributed by atoms with van der Waals surface area (Å²) in [4.78, 5) is 11.3. The van der Waals surface area contributed by atoms with Crippen molar-refractivity contribution in [1.29, 1.82) is 0 Å². The molecule has 0 aliphatic rings. The van der Waals surface area contributed by atoms with Gasteiger partial charge in [0, 0.05) is 0 Å². The first-order valence-electron chi connectivity index (χ1n) is 3.57. The Balaban J connectivity index is 3.30. The molecule has 0 heterocycles. The molecule has 1 aromatic rings. The third-order valence-corrected chi connectivity index (χ3v) is 3.03. The Morgan fingerprint density at radius 2 is 2.00 bits per heavy atom. The van der Waals surface area contributed by atoms with Crippen molar-refractivity contribution >= 4 is 27.6 Å². The smallest absolute Gasteiger partial charge is 0.337 e. The highest BCUT2D eigenvalue weighted by Gasteiger charge is 2.16. The molecule has 8 heteroatoms. The fourth-order valence-electron chi connectivity index (χ4n) is 0.889. The Morgan fingerprint density at radius 1 is 1.40 bits per heavy atom. The minimum absolute atomic E-state index is 0.214. The van der Waals surface area contributed by atoms with Crippen LogP contribution in [0.15, 0.2) is 23.1 Å². The second-order valence-corrected chi connectivity index (χ2v) is 4.61. The van der Waals surface area contributed by atoms with Gasteiger partial charge >= 0.3 is 5.97 Å². The van der Waals surface area contributed by atoms with Gasteiger partial charge in [-0.2, -0.15) is 0 Å². The molecule has 0 amide bonds. The first kappa shape index (κ1) is 11.9. The normalized spacial score (nSPS) is 11.3. The number of nitrogens with one attached hydrogen (secondary N) is 1. The molecule has 0 spiro atoms. The average Bonchev–Trinajstić information content (AvgIpc) is 2.17. The predicted octanol–water partition coefficient (Wildman–Crippen LogP) is 0.706. The highest BCUT2D eigenvalue weighted by Crippen LogP contribution is 2.20. The number of carboxylic acids is 1. The van der Waals surface area contributed by atoms with Crippen molar-refractivity contribution in [2.45, 2.75) is 4.90 Å². The van der Waals surface area contributed by atoms with E-state index < -0.39 is 16.0 Å². The van der Waals surface area contributed by atoms with E-state index in [1.807, 2.05) is 0 Å². The average molecular weight is 252 g/mol. The SMILES string of the molecule is O=C(O)c1ccc(S(=O)(=O)NO)cc1Cl. The van der Waals surface area contributed by atoms with E-state index >= 15 is 0 Å². The van der Waals surface area contributed by atoms with Gasteiger partial charge in [-0.1, -0.05) is 16.5 Å². The molecule has 0 bridgehead atoms. The van der Waals surface area contributed by atoms with Crippen molar-refractivity contribution in [1.82, 2.24) is 4.89 Å². The van der Waals surface area contributed by atoms with Gasteiger partial charge < -0.3 is 10.3 Å². The molecule has 0 unspecified atom stereocenters. The molecule has 0 atom stereocenters. The lowest BCUT2D eigenvalue weighted by atomic mass is 10.2. The third kappa shape index (κ3) is 2.45. The van der Waals surface area contributed by atoms with Crippen LogP contribution >= 0.6 is 11.6 Å². The largest absolute Gasteiger partial charge is 0.478 e. The van der Waals surface area contributed by atoms with Crippen LogP contribution in [0.4, 0.5) is 0 Å². The molecule has 82 valence electrons. The molecule has 15 heavy (non-hydrogen) atoms. The van der Waals surface area contributed by atoms with Crippen LogP contribution in [0.3, 0.4) is 0 Å². The summed E-state index contributed by atoms with van der Waals surface area (Å²) >= 11 is 5.53. The van der Waals surface area contributed by atoms with Gasteiger partial charge in [0.1, 0.15) is 0 Å². The maximum Gasteiger partial charge on any atom is 0.337 e. The number of carboxylic acid groups (broad SMARTS) is 1. The van der Waals surface area contributed by atoms with Crippen LogP contribution in [0, 0.1) is 0 Å². The quantitative estimate of drug-likeness (QED) is 0.686. The Hall–Kier alpha value is -1.15. The van der Waals surface area contributed by atoms with Crippen molar-refractivity contribution in [3.8, 4) is 0 Å². The Kier molecular flexibility index (Phi) is 3.30. The fraction of sp³-hybridized carbons (Fsp3) is 0. The minimum Gasteiger partial charge on any atom is -0.478 e. The molecular formula is C7H6ClNO5S. The molecule has 0 saturated heterocycles. The lowest BCUT2D eigenvalue weighted by Gasteiger charge is -2.03. The van der Waals surface area contributed by atoms with E-state index in [1.165, 1.54) is 0 Å². The number of carbonyl (C=O) groups is 1. The summed E-state index contributed by atoms with van der Waals surface area (Å²) < 4.78 is 22.1. The van der Waals surface area contributed by atoms with E-state index in [4.69, 9.17) is 21.9 Å². The van der Waals surface area contributed by atoms with E-state index in [0.29, 0.717) is 0 Å². The second kappa shape index (κ2) is 4.15. The molecule has 0 aliphatic heterocycles. The maximum atomic E-state index is 11.1. The zero-order valence-corrected chi connectivity index (χ0v) is 8.71. The number of halogens is 1. The van der Waals surface area contributed by atoms with Crippen LogP contribution in [-0.4, -0.2) is 24.7 Å². The molecule has 0 aromatic heterocycles. The lowest BCUT2D eigenvalue weighted by Crippen LogP contribution is -2.19. The molecule has 0 saturated carbocycles. The number of aromatic carboxylic acids is 1. The van der Waals surface area contributed by atoms with Crippen LogP contribution in [0.5, 0.6) is 0 Å². The monoisotopic (exact) mass is 251 g/mol. The Morgan fingerprint density at radius 3 is 2.40 bits per heavy atom. The second-order valence-electron chi connectivity index (χ2n) is 2.54. The van der Waals surface area contributed by atoms with Crippen molar-refractivity contribution in [3.05, 3.63) is 28.8 Å². The predicted molar refractivity (Wildman–Crippen MR) is 50.5 cm³/mol. The van der Waals surface area contributed by atoms with Crippen molar-refractivity contribution in [3.63, 3.8) is 0 Å². The van der Waals surface area contributed by atoms with Gasteiger partial charge in [-0.3, -0.25) is 0 Å². The Labute approximate surface area is 90.1 Å². The summed E-state index contributed by atoms with van der Waals surface area (Å²) in [5, 5.41) is 16.7. The van der Waals surface area contributed by atoms with Crippen LogP contribution in [0.1, 0.15) is 10.4 Å². The molecule has 0 aliphatic carbocycles. The summed E-state index contributed by atoms with van der Waals surface area (Å²) in [5.41, 5.74) is -0.214. The number of hydrogen-bond donors (Lipinski definition) is 3. The lowest BCUT2D eigenvalue weighted by molar-refractivity contribution is 0.0697. The molecule has 3 N–H and O–H groups in total. The van der Waals surface area contributed by atoms with Crippen LogP contribution in [0.2, 0.25) is 5.02 Å². The standard InChI is InChI=1S/C7H6ClNO5S/c8-6-3-4(15(13,14)9-12)1-2-5(6)7(10)11/h1-3,9,12H,(H,10,11). The molecule has 0 fully saturated rings. The van der Waals surface area contributed by atoms with E-state index in [-0.39, 0.29) is 15.5 Å². The summed E-state index contributed by atoms with van der Waals surface area (Å²) in [5.74, 6) is -1.26. The molecular weight excluding hydrogens is 246 g/mol. The van der Waals surface area contributed by atoms with E-state index in [9.17, 15) is 13.2 Å². The fourth-order valence-corrected chi connectivity index (χ4v) is 1.84. The first-order valence-corrected chi connectivity index (χ1v) is 5.43. The van der Waals surface area contributed by atoms with Crippen molar-refractivity contribution in [2.24, 2.45) is 0 Å². The summed E-state index contributed by atoms with van der Waals surface area (Å²) in [6.45, 7) is 0. The van der Waals surface area contributed by atoms with Gasteiger partial charge in [-0.25, -0.2) is 13.2 Å². The highest BCUT2D eigenvalue weighted by atomic mass is 35.5. The number of hydrogen-bond acceptors (Lipinski definition) is 4. The molecule has 1 rings (SSSR count). The van der Waals surface area contributed by atoms with Crippen LogP contribution < -0.4 is 4.89 Å². The van der Waals surface area contributed by atoms with Crippen molar-refractivity contribution < 1.29 is 23.5 Å². The number of benzene rings is 1. The van der Waals surface area contributed by atoms with Gasteiger partial charge in [-0.15, -0.1) is 0 Å². The molecule has 1 aromatic carbocycles. The van der Waals surface area contributed by atoms with Crippen molar-refractivity contribution in [2.75, 3.05) is 0 Å². The van der Waals surface area contributed by atoms with E-state index in [2.05, 4.69) is 0 Å². The minimum atomic E-state index is -4.03. The molecule has 6 nitrogen and oxygen atoms in total. The Bertz CT molecular complexity index is 498. The van der Waals surface area contributed by atoms with Gasteiger partial charge in [0.05, 0.1) is 15.5 Å². The summed E-state index contributed by atoms with van der Waals surface area (Å²) in [6, 6.07) is 2.99. The van der Waals surface area contributed by atoms with Crippen LogP contribution in [0.25, 0.3) is 0 Å². The van der Waals surface area contributed by atoms with Crippen LogP contribution in [-0.2, 0) is 10.0 Å². The number of rotatable bonds is 3. The highest BCUT2D eigenvalue weighted by molar-refractivity contribution is 7.89.